The number of hydrogen-bond donors (Lipinski definition) is 1. The molecule has 0 radical (unpaired) electrons. The average molecular weight is 346 g/mol. The van der Waals surface area contributed by atoms with Crippen LogP contribution in [0, 0.1) is 10.1 Å². The third-order valence-corrected chi connectivity index (χ3v) is 4.83. The molecule has 1 N–H and O–H groups in total. The molecule has 1 aromatic carbocycles. The van der Waals surface area contributed by atoms with Gasteiger partial charge in [-0.3, -0.25) is 20.2 Å². The van der Waals surface area contributed by atoms with Crippen LogP contribution in [0.15, 0.2) is 18.2 Å². The zero-order chi connectivity index (χ0) is 17.3. The molecule has 1 aliphatic carbocycles. The maximum absolute atomic E-state index is 12.4. The molecule has 8 nitrogen and oxygen atoms in total. The molecule has 1 heterocycles. The average Bonchev–Trinajstić information content (AvgIpc) is 2.95. The van der Waals surface area contributed by atoms with E-state index in [2.05, 4.69) is 10.3 Å². The van der Waals surface area contributed by atoms with Gasteiger partial charge in [-0.05, 0) is 25.7 Å². The van der Waals surface area contributed by atoms with Crippen LogP contribution in [0.2, 0.25) is 0 Å². The van der Waals surface area contributed by atoms with Crippen molar-refractivity contribution in [2.75, 3.05) is 5.32 Å². The van der Waals surface area contributed by atoms with E-state index in [1.54, 1.807) is 0 Å². The minimum Gasteiger partial charge on any atom is -0.545 e. The summed E-state index contributed by atoms with van der Waals surface area (Å²) in [5.41, 5.74) is -0.724. The minimum atomic E-state index is -1.65. The Kier molecular flexibility index (Phi) is 4.26. The summed E-state index contributed by atoms with van der Waals surface area (Å²) in [5, 5.41) is 25.1. The van der Waals surface area contributed by atoms with Gasteiger partial charge in [-0.15, -0.1) is 11.3 Å². The van der Waals surface area contributed by atoms with E-state index in [0.717, 1.165) is 48.4 Å². The van der Waals surface area contributed by atoms with E-state index in [1.165, 1.54) is 17.4 Å². The fourth-order valence-electron chi connectivity index (χ4n) is 2.67. The highest BCUT2D eigenvalue weighted by Crippen LogP contribution is 2.30. The second kappa shape index (κ2) is 6.36. The number of carboxylic acid groups (broad SMARTS) is 1. The van der Waals surface area contributed by atoms with Crippen molar-refractivity contribution in [3.05, 3.63) is 50.0 Å². The van der Waals surface area contributed by atoms with Crippen molar-refractivity contribution in [2.24, 2.45) is 0 Å². The van der Waals surface area contributed by atoms with Gasteiger partial charge in [0, 0.05) is 16.5 Å². The molecule has 2 aromatic rings. The molecule has 1 amide bonds. The van der Waals surface area contributed by atoms with Crippen LogP contribution in [0.4, 0.5) is 10.8 Å². The third kappa shape index (κ3) is 2.98. The van der Waals surface area contributed by atoms with E-state index >= 15 is 0 Å². The summed E-state index contributed by atoms with van der Waals surface area (Å²) in [6, 6.07) is 3.38. The fourth-order valence-corrected chi connectivity index (χ4v) is 3.71. The van der Waals surface area contributed by atoms with Gasteiger partial charge in [0.2, 0.25) is 0 Å². The van der Waals surface area contributed by atoms with Crippen molar-refractivity contribution in [1.29, 1.82) is 0 Å². The van der Waals surface area contributed by atoms with E-state index in [9.17, 15) is 24.8 Å². The highest BCUT2D eigenvalue weighted by molar-refractivity contribution is 7.15. The first-order valence-corrected chi connectivity index (χ1v) is 8.07. The zero-order valence-corrected chi connectivity index (χ0v) is 13.2. The number of benzene rings is 1. The van der Waals surface area contributed by atoms with E-state index in [-0.39, 0.29) is 0 Å². The number of aromatic nitrogens is 1. The van der Waals surface area contributed by atoms with Gasteiger partial charge in [0.15, 0.2) is 5.13 Å². The number of nitro groups is 1. The van der Waals surface area contributed by atoms with Gasteiger partial charge in [0.05, 0.1) is 16.6 Å². The van der Waals surface area contributed by atoms with Crippen molar-refractivity contribution < 1.29 is 19.6 Å². The van der Waals surface area contributed by atoms with Crippen molar-refractivity contribution in [1.82, 2.24) is 4.98 Å². The molecule has 0 unspecified atom stereocenters. The molecule has 0 saturated carbocycles. The smallest absolute Gasteiger partial charge is 0.282 e. The lowest BCUT2D eigenvalue weighted by Gasteiger charge is -2.10. The number of nitro benzene ring substituents is 1. The Morgan fingerprint density at radius 3 is 2.67 bits per heavy atom. The fraction of sp³-hybridized carbons (Fsp3) is 0.267. The van der Waals surface area contributed by atoms with E-state index in [4.69, 9.17) is 0 Å². The summed E-state index contributed by atoms with van der Waals surface area (Å²) >= 11 is 1.31. The number of rotatable bonds is 4. The number of fused-ring (bicyclic) bond motifs is 1. The van der Waals surface area contributed by atoms with Gasteiger partial charge in [-0.1, -0.05) is 12.1 Å². The topological polar surface area (TPSA) is 125 Å². The summed E-state index contributed by atoms with van der Waals surface area (Å²) in [6.07, 6.45) is 3.81. The Labute approximate surface area is 140 Å². The predicted octanol–water partition coefficient (Wildman–Crippen LogP) is 1.55. The molecule has 1 aromatic heterocycles. The lowest BCUT2D eigenvalue weighted by atomic mass is 10.0. The Morgan fingerprint density at radius 2 is 2.00 bits per heavy atom. The monoisotopic (exact) mass is 346 g/mol. The number of aryl methyl sites for hydroxylation is 2. The van der Waals surface area contributed by atoms with Crippen molar-refractivity contribution in [3.8, 4) is 0 Å². The number of thiazole rings is 1. The summed E-state index contributed by atoms with van der Waals surface area (Å²) < 4.78 is 0. The lowest BCUT2D eigenvalue weighted by Crippen LogP contribution is -2.27. The number of carbonyl (C=O) groups excluding carboxylic acids is 2. The molecule has 0 aliphatic heterocycles. The summed E-state index contributed by atoms with van der Waals surface area (Å²) in [7, 11) is 0. The first-order valence-electron chi connectivity index (χ1n) is 7.26. The van der Waals surface area contributed by atoms with Gasteiger partial charge < -0.3 is 9.90 Å². The van der Waals surface area contributed by atoms with E-state index in [0.29, 0.717) is 5.13 Å². The Morgan fingerprint density at radius 1 is 1.25 bits per heavy atom. The summed E-state index contributed by atoms with van der Waals surface area (Å²) in [4.78, 5) is 39.3. The molecule has 1 aliphatic rings. The zero-order valence-electron chi connectivity index (χ0n) is 12.4. The normalized spacial score (nSPS) is 13.2. The predicted molar refractivity (Wildman–Crippen MR) is 84.1 cm³/mol. The van der Waals surface area contributed by atoms with Crippen LogP contribution >= 0.6 is 11.3 Å². The Hall–Kier alpha value is -2.81. The first kappa shape index (κ1) is 16.1. The Bertz CT molecular complexity index is 790. The van der Waals surface area contributed by atoms with Crippen LogP contribution in [-0.4, -0.2) is 21.8 Å². The summed E-state index contributed by atoms with van der Waals surface area (Å²) in [5.74, 6) is -2.53. The second-order valence-corrected chi connectivity index (χ2v) is 6.38. The molecule has 0 atom stereocenters. The summed E-state index contributed by atoms with van der Waals surface area (Å²) in [6.45, 7) is 0. The SMILES string of the molecule is O=C([O-])c1cccc([N+](=O)[O-])c1C(=O)Nc1nc2c(s1)CCCC2. The van der Waals surface area contributed by atoms with Gasteiger partial charge in [-0.25, -0.2) is 4.98 Å². The van der Waals surface area contributed by atoms with Gasteiger partial charge in [-0.2, -0.15) is 0 Å². The van der Waals surface area contributed by atoms with Crippen LogP contribution < -0.4 is 10.4 Å². The van der Waals surface area contributed by atoms with Crippen LogP contribution in [0.1, 0.15) is 44.1 Å². The number of aromatic carboxylic acids is 1. The largest absolute Gasteiger partial charge is 0.545 e. The number of amides is 1. The van der Waals surface area contributed by atoms with Crippen LogP contribution in [0.25, 0.3) is 0 Å². The van der Waals surface area contributed by atoms with Gasteiger partial charge >= 0.3 is 0 Å². The molecule has 124 valence electrons. The van der Waals surface area contributed by atoms with Gasteiger partial charge in [0.1, 0.15) is 5.56 Å². The Balaban J connectivity index is 1.96. The van der Waals surface area contributed by atoms with E-state index < -0.39 is 33.6 Å². The highest BCUT2D eigenvalue weighted by Gasteiger charge is 2.26. The van der Waals surface area contributed by atoms with Crippen LogP contribution in [0.3, 0.4) is 0 Å². The number of nitrogens with one attached hydrogen (secondary N) is 1. The number of nitrogens with zero attached hydrogens (tertiary/aromatic N) is 2. The molecule has 0 saturated heterocycles. The first-order chi connectivity index (χ1) is 11.5. The van der Waals surface area contributed by atoms with Crippen LogP contribution in [0.5, 0.6) is 0 Å². The van der Waals surface area contributed by atoms with Crippen molar-refractivity contribution >= 4 is 34.0 Å². The van der Waals surface area contributed by atoms with Crippen molar-refractivity contribution in [3.63, 3.8) is 0 Å². The molecular weight excluding hydrogens is 334 g/mol. The molecule has 0 bridgehead atoms. The maximum atomic E-state index is 12.4. The molecule has 24 heavy (non-hydrogen) atoms. The minimum absolute atomic E-state index is 0.314. The van der Waals surface area contributed by atoms with Crippen LogP contribution in [-0.2, 0) is 12.8 Å². The second-order valence-electron chi connectivity index (χ2n) is 5.29. The molecule has 9 heteroatoms. The highest BCUT2D eigenvalue weighted by atomic mass is 32.1. The number of carboxylic acids is 1. The number of hydrogen-bond acceptors (Lipinski definition) is 7. The number of carbonyl (C=O) groups is 2. The molecule has 0 fully saturated rings. The molecule has 3 rings (SSSR count). The third-order valence-electron chi connectivity index (χ3n) is 3.75. The lowest BCUT2D eigenvalue weighted by molar-refractivity contribution is -0.385. The quantitative estimate of drug-likeness (QED) is 0.661. The van der Waals surface area contributed by atoms with E-state index in [1.807, 2.05) is 0 Å². The standard InChI is InChI=1S/C15H13N3O5S/c19-13(17-15-16-9-5-1-2-7-11(9)24-15)12-8(14(20)21)4-3-6-10(12)18(22)23/h3-4,6H,1-2,5,7H2,(H,20,21)(H,16,17,19)/p-1. The van der Waals surface area contributed by atoms with Crippen molar-refractivity contribution in [2.45, 2.75) is 25.7 Å². The van der Waals surface area contributed by atoms with Gasteiger partial charge in [0.25, 0.3) is 11.6 Å². The molecular formula is C15H12N3O5S-. The number of anilines is 1. The molecule has 0 spiro atoms. The maximum Gasteiger partial charge on any atom is 0.282 e.